The first-order valence-corrected chi connectivity index (χ1v) is 9.31. The molecule has 3 amide bonds. The molecule has 0 saturated carbocycles. The molecule has 27 heavy (non-hydrogen) atoms. The van der Waals surface area contributed by atoms with Gasteiger partial charge in [0, 0.05) is 49.1 Å². The summed E-state index contributed by atoms with van der Waals surface area (Å²) in [6.45, 7) is 4.91. The Bertz CT molecular complexity index is 863. The standard InChI is InChI=1S/C20H26N4O3/c1-13(2)20(27)24-10-8-14(9-11-24)18(25)21-22-19(26)16-12-23(3)17-7-5-4-6-15(16)17/h4-7,12-14H,8-11H2,1-3H3,(H,21,25)(H,22,26). The Morgan fingerprint density at radius 3 is 2.41 bits per heavy atom. The lowest BCUT2D eigenvalue weighted by Gasteiger charge is -2.32. The van der Waals surface area contributed by atoms with Crippen LogP contribution < -0.4 is 10.9 Å². The van der Waals surface area contributed by atoms with Crippen molar-refractivity contribution in [1.29, 1.82) is 0 Å². The third kappa shape index (κ3) is 3.97. The molecule has 0 bridgehead atoms. The summed E-state index contributed by atoms with van der Waals surface area (Å²) >= 11 is 0. The number of hydrazine groups is 1. The molecule has 1 aliphatic heterocycles. The molecular formula is C20H26N4O3. The number of rotatable bonds is 3. The second kappa shape index (κ2) is 7.82. The van der Waals surface area contributed by atoms with Gasteiger partial charge in [-0.05, 0) is 18.9 Å². The van der Waals surface area contributed by atoms with Crippen LogP contribution in [0.5, 0.6) is 0 Å². The third-order valence-electron chi connectivity index (χ3n) is 5.11. The predicted molar refractivity (Wildman–Crippen MR) is 103 cm³/mol. The maximum atomic E-state index is 12.5. The van der Waals surface area contributed by atoms with Gasteiger partial charge in [-0.1, -0.05) is 32.0 Å². The van der Waals surface area contributed by atoms with E-state index in [0.717, 1.165) is 10.9 Å². The van der Waals surface area contributed by atoms with Gasteiger partial charge in [0.1, 0.15) is 0 Å². The third-order valence-corrected chi connectivity index (χ3v) is 5.11. The number of aromatic nitrogens is 1. The first-order chi connectivity index (χ1) is 12.9. The number of hydrogen-bond donors (Lipinski definition) is 2. The predicted octanol–water partition coefficient (Wildman–Crippen LogP) is 1.83. The molecule has 2 aromatic rings. The van der Waals surface area contributed by atoms with Crippen LogP contribution in [-0.4, -0.2) is 40.3 Å². The van der Waals surface area contributed by atoms with Crippen LogP contribution in [-0.2, 0) is 16.6 Å². The molecule has 0 unspecified atom stereocenters. The minimum Gasteiger partial charge on any atom is -0.350 e. The number of para-hydroxylation sites is 1. The molecule has 7 nitrogen and oxygen atoms in total. The van der Waals surface area contributed by atoms with Crippen LogP contribution in [0.1, 0.15) is 37.0 Å². The average molecular weight is 370 g/mol. The Kier molecular flexibility index (Phi) is 5.48. The lowest BCUT2D eigenvalue weighted by molar-refractivity contribution is -0.138. The fourth-order valence-corrected chi connectivity index (χ4v) is 3.54. The van der Waals surface area contributed by atoms with Gasteiger partial charge in [-0.25, -0.2) is 0 Å². The zero-order valence-corrected chi connectivity index (χ0v) is 16.0. The molecule has 3 rings (SSSR count). The first kappa shape index (κ1) is 18.9. The first-order valence-electron chi connectivity index (χ1n) is 9.31. The highest BCUT2D eigenvalue weighted by Crippen LogP contribution is 2.21. The van der Waals surface area contributed by atoms with Gasteiger partial charge in [0.05, 0.1) is 5.56 Å². The molecule has 1 saturated heterocycles. The molecule has 144 valence electrons. The number of fused-ring (bicyclic) bond motifs is 1. The van der Waals surface area contributed by atoms with E-state index >= 15 is 0 Å². The van der Waals surface area contributed by atoms with E-state index in [0.29, 0.717) is 31.5 Å². The van der Waals surface area contributed by atoms with E-state index in [4.69, 9.17) is 0 Å². The van der Waals surface area contributed by atoms with Crippen molar-refractivity contribution in [2.24, 2.45) is 18.9 Å². The summed E-state index contributed by atoms with van der Waals surface area (Å²) in [5, 5.41) is 0.840. The highest BCUT2D eigenvalue weighted by atomic mass is 16.2. The minimum absolute atomic E-state index is 0.0321. The monoisotopic (exact) mass is 370 g/mol. The number of carbonyl (C=O) groups excluding carboxylic acids is 3. The van der Waals surface area contributed by atoms with Crippen molar-refractivity contribution in [2.45, 2.75) is 26.7 Å². The van der Waals surface area contributed by atoms with Crippen molar-refractivity contribution in [1.82, 2.24) is 20.3 Å². The van der Waals surface area contributed by atoms with Crippen molar-refractivity contribution in [2.75, 3.05) is 13.1 Å². The molecule has 0 atom stereocenters. The van der Waals surface area contributed by atoms with Gasteiger partial charge < -0.3 is 9.47 Å². The molecule has 0 aliphatic carbocycles. The molecular weight excluding hydrogens is 344 g/mol. The highest BCUT2D eigenvalue weighted by molar-refractivity contribution is 6.07. The number of nitrogens with one attached hydrogen (secondary N) is 2. The quantitative estimate of drug-likeness (QED) is 0.809. The molecule has 2 heterocycles. The number of aryl methyl sites for hydroxylation is 1. The number of nitrogens with zero attached hydrogens (tertiary/aromatic N) is 2. The SMILES string of the molecule is CC(C)C(=O)N1CCC(C(=O)NNC(=O)c2cn(C)c3ccccc23)CC1. The van der Waals surface area contributed by atoms with Crippen LogP contribution in [0.25, 0.3) is 10.9 Å². The maximum Gasteiger partial charge on any atom is 0.271 e. The number of benzene rings is 1. The van der Waals surface area contributed by atoms with Crippen LogP contribution in [0, 0.1) is 11.8 Å². The van der Waals surface area contributed by atoms with Crippen molar-refractivity contribution in [3.05, 3.63) is 36.0 Å². The largest absolute Gasteiger partial charge is 0.350 e. The topological polar surface area (TPSA) is 83.4 Å². The van der Waals surface area contributed by atoms with E-state index < -0.39 is 0 Å². The van der Waals surface area contributed by atoms with Gasteiger partial charge in [-0.15, -0.1) is 0 Å². The van der Waals surface area contributed by atoms with Crippen molar-refractivity contribution >= 4 is 28.6 Å². The normalized spacial score (nSPS) is 15.2. The summed E-state index contributed by atoms with van der Waals surface area (Å²) in [5.74, 6) is -0.657. The second-order valence-electron chi connectivity index (χ2n) is 7.37. The van der Waals surface area contributed by atoms with Crippen LogP contribution in [0.3, 0.4) is 0 Å². The molecule has 0 spiro atoms. The Labute approximate surface area is 158 Å². The fraction of sp³-hybridized carbons (Fsp3) is 0.450. The number of likely N-dealkylation sites (tertiary alicyclic amines) is 1. The number of piperidine rings is 1. The Balaban J connectivity index is 1.55. The van der Waals surface area contributed by atoms with E-state index in [2.05, 4.69) is 10.9 Å². The van der Waals surface area contributed by atoms with E-state index in [-0.39, 0.29) is 29.6 Å². The van der Waals surface area contributed by atoms with Gasteiger partial charge in [-0.3, -0.25) is 25.2 Å². The van der Waals surface area contributed by atoms with Gasteiger partial charge in [0.15, 0.2) is 0 Å². The van der Waals surface area contributed by atoms with Gasteiger partial charge >= 0.3 is 0 Å². The van der Waals surface area contributed by atoms with E-state index in [1.54, 1.807) is 6.20 Å². The van der Waals surface area contributed by atoms with E-state index in [9.17, 15) is 14.4 Å². The zero-order chi connectivity index (χ0) is 19.6. The van der Waals surface area contributed by atoms with Crippen molar-refractivity contribution < 1.29 is 14.4 Å². The van der Waals surface area contributed by atoms with Crippen LogP contribution in [0.15, 0.2) is 30.5 Å². The Morgan fingerprint density at radius 1 is 1.07 bits per heavy atom. The Hall–Kier alpha value is -2.83. The minimum atomic E-state index is -0.340. The summed E-state index contributed by atoms with van der Waals surface area (Å²) in [7, 11) is 1.88. The Morgan fingerprint density at radius 2 is 1.74 bits per heavy atom. The second-order valence-corrected chi connectivity index (χ2v) is 7.37. The highest BCUT2D eigenvalue weighted by Gasteiger charge is 2.28. The van der Waals surface area contributed by atoms with E-state index in [1.807, 2.05) is 54.6 Å². The summed E-state index contributed by atoms with van der Waals surface area (Å²) in [6.07, 6.45) is 2.96. The van der Waals surface area contributed by atoms with Crippen LogP contribution in [0.2, 0.25) is 0 Å². The van der Waals surface area contributed by atoms with Crippen molar-refractivity contribution in [3.63, 3.8) is 0 Å². The summed E-state index contributed by atoms with van der Waals surface area (Å²) in [6, 6.07) is 7.62. The fourth-order valence-electron chi connectivity index (χ4n) is 3.54. The maximum absolute atomic E-state index is 12.5. The summed E-state index contributed by atoms with van der Waals surface area (Å²) < 4.78 is 1.88. The molecule has 1 fully saturated rings. The summed E-state index contributed by atoms with van der Waals surface area (Å²) in [5.41, 5.74) is 6.54. The zero-order valence-electron chi connectivity index (χ0n) is 16.0. The molecule has 7 heteroatoms. The van der Waals surface area contributed by atoms with Gasteiger partial charge in [0.25, 0.3) is 5.91 Å². The lowest BCUT2D eigenvalue weighted by Crippen LogP contribution is -2.48. The lowest BCUT2D eigenvalue weighted by atomic mass is 9.95. The average Bonchev–Trinajstić information content (AvgIpc) is 3.02. The number of carbonyl (C=O) groups is 3. The van der Waals surface area contributed by atoms with Gasteiger partial charge in [0.2, 0.25) is 11.8 Å². The molecule has 1 aromatic carbocycles. The van der Waals surface area contributed by atoms with E-state index in [1.165, 1.54) is 0 Å². The molecule has 2 N–H and O–H groups in total. The van der Waals surface area contributed by atoms with Crippen LogP contribution >= 0.6 is 0 Å². The number of hydrogen-bond acceptors (Lipinski definition) is 3. The summed E-state index contributed by atoms with van der Waals surface area (Å²) in [4.78, 5) is 38.7. The van der Waals surface area contributed by atoms with Gasteiger partial charge in [-0.2, -0.15) is 0 Å². The molecule has 1 aliphatic rings. The van der Waals surface area contributed by atoms with Crippen molar-refractivity contribution in [3.8, 4) is 0 Å². The number of amides is 3. The smallest absolute Gasteiger partial charge is 0.271 e. The molecule has 1 aromatic heterocycles. The molecule has 0 radical (unpaired) electrons. The van der Waals surface area contributed by atoms with Crippen LogP contribution in [0.4, 0.5) is 0 Å².